The molecule has 2 aliphatic heterocycles. The van der Waals surface area contributed by atoms with Gasteiger partial charge in [0.15, 0.2) is 10.8 Å². The van der Waals surface area contributed by atoms with Crippen LogP contribution in [0.4, 0.5) is 5.13 Å². The van der Waals surface area contributed by atoms with Gasteiger partial charge in [-0.1, -0.05) is 5.16 Å². The van der Waals surface area contributed by atoms with Crippen LogP contribution in [0.25, 0.3) is 0 Å². The maximum absolute atomic E-state index is 12.8. The third kappa shape index (κ3) is 5.36. The lowest BCUT2D eigenvalue weighted by Crippen LogP contribution is -2.71. The molecule has 15 heteroatoms. The van der Waals surface area contributed by atoms with Crippen molar-refractivity contribution in [1.82, 2.24) is 15.2 Å². The fourth-order valence-electron chi connectivity index (χ4n) is 3.16. The number of amides is 2. The van der Waals surface area contributed by atoms with Crippen molar-refractivity contribution in [3.05, 3.63) is 22.3 Å². The number of thioether (sulfide) groups is 1. The van der Waals surface area contributed by atoms with E-state index < -0.39 is 41.6 Å². The van der Waals surface area contributed by atoms with Crippen molar-refractivity contribution in [2.45, 2.75) is 31.7 Å². The maximum atomic E-state index is 12.8. The molecule has 0 aromatic carbocycles. The van der Waals surface area contributed by atoms with E-state index in [4.69, 9.17) is 15.3 Å². The van der Waals surface area contributed by atoms with E-state index in [1.807, 2.05) is 0 Å². The van der Waals surface area contributed by atoms with Gasteiger partial charge in [-0.2, -0.15) is 0 Å². The van der Waals surface area contributed by atoms with Gasteiger partial charge in [0.2, 0.25) is 0 Å². The molecule has 1 aromatic rings. The molecule has 2 amide bonds. The molecule has 182 valence electrons. The fraction of sp³-hybridized carbons (Fsp3) is 0.421. The van der Waals surface area contributed by atoms with Crippen LogP contribution in [0.2, 0.25) is 0 Å². The number of carbonyl (C=O) groups excluding carboxylic acids is 4. The molecule has 0 radical (unpaired) electrons. The first-order valence-electron chi connectivity index (χ1n) is 9.91. The van der Waals surface area contributed by atoms with E-state index in [1.165, 1.54) is 24.1 Å². The number of carboxylic acid groups (broad SMARTS) is 1. The molecule has 1 aromatic heterocycles. The van der Waals surface area contributed by atoms with Crippen LogP contribution in [0, 0.1) is 0 Å². The molecule has 4 N–H and O–H groups in total. The van der Waals surface area contributed by atoms with Gasteiger partial charge in [-0.25, -0.2) is 9.78 Å². The molecule has 2 atom stereocenters. The number of nitrogens with zero attached hydrogens (tertiary/aromatic N) is 3. The number of Topliss-reactive ketones (excluding diaryl/α,β-unsaturated/α-hetero) is 1. The quantitative estimate of drug-likeness (QED) is 0.123. The number of ketones is 1. The number of nitrogens with one attached hydrogen (secondary N) is 1. The summed E-state index contributed by atoms with van der Waals surface area (Å²) < 4.78 is 4.98. The van der Waals surface area contributed by atoms with E-state index in [9.17, 15) is 29.1 Å². The Hall–Kier alpha value is -3.46. The van der Waals surface area contributed by atoms with Crippen molar-refractivity contribution in [3.63, 3.8) is 0 Å². The highest BCUT2D eigenvalue weighted by Crippen LogP contribution is 2.40. The highest BCUT2D eigenvalue weighted by Gasteiger charge is 2.54. The number of β-lactam (4-membered cyclic amide) rings is 1. The molecular weight excluding hydrogens is 490 g/mol. The van der Waals surface area contributed by atoms with E-state index in [-0.39, 0.29) is 52.6 Å². The topological polar surface area (TPSA) is 191 Å². The second-order valence-electron chi connectivity index (χ2n) is 7.09. The molecule has 0 saturated carbocycles. The Morgan fingerprint density at radius 3 is 2.71 bits per heavy atom. The molecule has 0 spiro atoms. The van der Waals surface area contributed by atoms with E-state index >= 15 is 0 Å². The van der Waals surface area contributed by atoms with Crippen LogP contribution in [0.3, 0.4) is 0 Å². The number of aromatic nitrogens is 1. The molecule has 3 heterocycles. The summed E-state index contributed by atoms with van der Waals surface area (Å²) in [5.74, 6) is -3.80. The number of nitrogen functional groups attached to an aromatic ring is 1. The van der Waals surface area contributed by atoms with Crippen LogP contribution in [-0.4, -0.2) is 80.6 Å². The first-order valence-corrected chi connectivity index (χ1v) is 11.8. The second-order valence-corrected chi connectivity index (χ2v) is 9.08. The fourth-order valence-corrected chi connectivity index (χ4v) is 5.03. The Balaban J connectivity index is 1.74. The van der Waals surface area contributed by atoms with Crippen LogP contribution in [-0.2, 0) is 33.5 Å². The number of oxime groups is 1. The van der Waals surface area contributed by atoms with Gasteiger partial charge in [0.1, 0.15) is 48.2 Å². The summed E-state index contributed by atoms with van der Waals surface area (Å²) in [5, 5.41) is 17.0. The summed E-state index contributed by atoms with van der Waals surface area (Å²) in [6.45, 7) is 2.72. The van der Waals surface area contributed by atoms with E-state index in [0.29, 0.717) is 0 Å². The van der Waals surface area contributed by atoms with Crippen molar-refractivity contribution in [2.24, 2.45) is 5.16 Å². The monoisotopic (exact) mass is 511 g/mol. The highest BCUT2D eigenvalue weighted by molar-refractivity contribution is 8.00. The summed E-state index contributed by atoms with van der Waals surface area (Å²) in [6.07, 6.45) is -0.432. The third-order valence-electron chi connectivity index (χ3n) is 4.60. The number of anilines is 1. The van der Waals surface area contributed by atoms with Gasteiger partial charge in [0.05, 0.1) is 0 Å². The first-order chi connectivity index (χ1) is 16.1. The molecule has 0 bridgehead atoms. The average Bonchev–Trinajstić information content (AvgIpc) is 3.20. The van der Waals surface area contributed by atoms with Gasteiger partial charge in [-0.3, -0.25) is 24.1 Å². The molecule has 34 heavy (non-hydrogen) atoms. The van der Waals surface area contributed by atoms with Gasteiger partial charge in [0, 0.05) is 16.7 Å². The lowest BCUT2D eigenvalue weighted by molar-refractivity contribution is -0.150. The van der Waals surface area contributed by atoms with E-state index in [2.05, 4.69) is 15.5 Å². The minimum Gasteiger partial charge on any atom is -0.477 e. The lowest BCUT2D eigenvalue weighted by Gasteiger charge is -2.49. The third-order valence-corrected chi connectivity index (χ3v) is 6.62. The molecule has 1 saturated heterocycles. The van der Waals surface area contributed by atoms with Crippen LogP contribution in [0.1, 0.15) is 26.0 Å². The first kappa shape index (κ1) is 25.2. The summed E-state index contributed by atoms with van der Waals surface area (Å²) in [4.78, 5) is 70.2. The standard InChI is InChI=1S/C19H21N5O8S2/c1-3-32-23-12(10-7-34-19(20)21-10)15(27)22-13-16(28)24-14(18(29)30)9(6-33-17(13)24)5-31-11(26)4-8(2)25/h7,13,17H,3-6H2,1-2H3,(H2,20,21)(H,22,27)(H,29,30)/b23-12-/t13-,17+/m1/s1. The Morgan fingerprint density at radius 1 is 1.38 bits per heavy atom. The van der Waals surface area contributed by atoms with Gasteiger partial charge in [-0.15, -0.1) is 23.1 Å². The van der Waals surface area contributed by atoms with Gasteiger partial charge in [-0.05, 0) is 13.8 Å². The number of nitrogens with two attached hydrogens (primary N) is 1. The van der Waals surface area contributed by atoms with E-state index in [0.717, 1.165) is 16.2 Å². The number of aliphatic carboxylic acids is 1. The minimum absolute atomic E-state index is 0.137. The highest BCUT2D eigenvalue weighted by atomic mass is 32.2. The van der Waals surface area contributed by atoms with Crippen LogP contribution >= 0.6 is 23.1 Å². The summed E-state index contributed by atoms with van der Waals surface area (Å²) in [6, 6.07) is -1.02. The minimum atomic E-state index is -1.38. The Bertz CT molecular complexity index is 1100. The predicted molar refractivity (Wildman–Crippen MR) is 121 cm³/mol. The van der Waals surface area contributed by atoms with Gasteiger partial charge >= 0.3 is 11.9 Å². The number of rotatable bonds is 10. The van der Waals surface area contributed by atoms with Crippen molar-refractivity contribution in [3.8, 4) is 0 Å². The number of ether oxygens (including phenoxy) is 1. The summed E-state index contributed by atoms with van der Waals surface area (Å²) >= 11 is 2.30. The average molecular weight is 512 g/mol. The van der Waals surface area contributed by atoms with Gasteiger partial charge < -0.3 is 25.7 Å². The molecule has 3 rings (SSSR count). The molecule has 0 aliphatic carbocycles. The number of hydrogen-bond donors (Lipinski definition) is 3. The maximum Gasteiger partial charge on any atom is 0.352 e. The summed E-state index contributed by atoms with van der Waals surface area (Å²) in [7, 11) is 0. The number of hydrogen-bond acceptors (Lipinski definition) is 12. The Labute approximate surface area is 201 Å². The number of carbonyl (C=O) groups is 5. The van der Waals surface area contributed by atoms with Crippen molar-refractivity contribution in [2.75, 3.05) is 24.7 Å². The zero-order chi connectivity index (χ0) is 25.0. The second kappa shape index (κ2) is 10.6. The van der Waals surface area contributed by atoms with Gasteiger partial charge in [0.25, 0.3) is 11.8 Å². The predicted octanol–water partition coefficient (Wildman–Crippen LogP) is -0.273. The number of esters is 1. The molecule has 13 nitrogen and oxygen atoms in total. The van der Waals surface area contributed by atoms with Crippen LogP contribution < -0.4 is 11.1 Å². The molecule has 1 fully saturated rings. The molecular formula is C19H21N5O8S2. The van der Waals surface area contributed by atoms with Crippen molar-refractivity contribution >= 4 is 63.5 Å². The number of thiazole rings is 1. The molecule has 0 unspecified atom stereocenters. The normalized spacial score (nSPS) is 19.8. The van der Waals surface area contributed by atoms with Crippen LogP contribution in [0.5, 0.6) is 0 Å². The van der Waals surface area contributed by atoms with Crippen molar-refractivity contribution in [1.29, 1.82) is 0 Å². The largest absolute Gasteiger partial charge is 0.477 e. The number of carboxylic acids is 1. The van der Waals surface area contributed by atoms with E-state index in [1.54, 1.807) is 6.92 Å². The zero-order valence-electron chi connectivity index (χ0n) is 18.1. The SMILES string of the molecule is CCO/N=C(\C(=O)N[C@@H]1C(=O)N2C(C(=O)O)=C(COC(=O)CC(C)=O)CS[C@@H]12)c1csc(N)n1. The molecule has 2 aliphatic rings. The summed E-state index contributed by atoms with van der Waals surface area (Å²) in [5.41, 5.74) is 5.52. The lowest BCUT2D eigenvalue weighted by atomic mass is 10.0. The number of fused-ring (bicyclic) bond motifs is 1. The van der Waals surface area contributed by atoms with Crippen molar-refractivity contribution < 1.29 is 38.7 Å². The zero-order valence-corrected chi connectivity index (χ0v) is 19.7. The Kier molecular flexibility index (Phi) is 7.88. The smallest absolute Gasteiger partial charge is 0.352 e. The Morgan fingerprint density at radius 2 is 2.12 bits per heavy atom. The van der Waals surface area contributed by atoms with Crippen LogP contribution in [0.15, 0.2) is 21.8 Å².